The van der Waals surface area contributed by atoms with E-state index < -0.39 is 0 Å². The number of carbonyl (C=O) groups is 4. The standard InChI is InChI=1S/2C10H10O3/c2*11-9-7-5-1-2-6(4-3-5)8(7)10(12)13-9/h5-6H,1-4H2;1-2,5-8H,3-4H2. The van der Waals surface area contributed by atoms with Gasteiger partial charge in [0.2, 0.25) is 0 Å². The minimum Gasteiger partial charge on any atom is -0.393 e. The van der Waals surface area contributed by atoms with Crippen LogP contribution in [-0.4, -0.2) is 23.9 Å². The normalized spacial score (nSPS) is 41.5. The Labute approximate surface area is 150 Å². The van der Waals surface area contributed by atoms with Crippen LogP contribution in [-0.2, 0) is 28.7 Å². The summed E-state index contributed by atoms with van der Waals surface area (Å²) in [6.07, 6.45) is 10.5. The first kappa shape index (κ1) is 16.0. The average Bonchev–Trinajstić information content (AvgIpc) is 3.17. The molecule has 136 valence electrons. The molecule has 26 heavy (non-hydrogen) atoms. The van der Waals surface area contributed by atoms with Crippen LogP contribution in [0, 0.1) is 35.5 Å². The topological polar surface area (TPSA) is 86.7 Å². The van der Waals surface area contributed by atoms with E-state index in [-0.39, 0.29) is 47.5 Å². The summed E-state index contributed by atoms with van der Waals surface area (Å²) < 4.78 is 9.31. The molecule has 2 aliphatic heterocycles. The maximum absolute atomic E-state index is 11.3. The molecule has 1 saturated heterocycles. The van der Waals surface area contributed by atoms with Crippen molar-refractivity contribution in [2.45, 2.75) is 38.5 Å². The lowest BCUT2D eigenvalue weighted by Gasteiger charge is -2.37. The molecule has 2 heterocycles. The fraction of sp³-hybridized carbons (Fsp3) is 0.600. The number of allylic oxidation sites excluding steroid dienone is 2. The van der Waals surface area contributed by atoms with E-state index in [4.69, 9.17) is 0 Å². The number of hydrogen-bond acceptors (Lipinski definition) is 6. The highest BCUT2D eigenvalue weighted by Crippen LogP contribution is 2.49. The van der Waals surface area contributed by atoms with Gasteiger partial charge in [-0.15, -0.1) is 0 Å². The number of ether oxygens (including phenoxy) is 2. The van der Waals surface area contributed by atoms with Crippen LogP contribution in [0.5, 0.6) is 0 Å². The Balaban J connectivity index is 0.000000115. The minimum absolute atomic E-state index is 0.156. The molecule has 0 aromatic heterocycles. The zero-order valence-corrected chi connectivity index (χ0v) is 14.3. The van der Waals surface area contributed by atoms with Gasteiger partial charge in [0.15, 0.2) is 0 Å². The van der Waals surface area contributed by atoms with Crippen molar-refractivity contribution in [3.05, 3.63) is 23.3 Å². The van der Waals surface area contributed by atoms with E-state index in [1.54, 1.807) is 0 Å². The number of esters is 4. The van der Waals surface area contributed by atoms with Gasteiger partial charge in [-0.05, 0) is 62.2 Å². The van der Waals surface area contributed by atoms with Crippen molar-refractivity contribution in [1.29, 1.82) is 0 Å². The maximum Gasteiger partial charge on any atom is 0.342 e. The number of hydrogen-bond donors (Lipinski definition) is 0. The van der Waals surface area contributed by atoms with Gasteiger partial charge in [-0.25, -0.2) is 9.59 Å². The molecule has 4 unspecified atom stereocenters. The largest absolute Gasteiger partial charge is 0.393 e. The first-order chi connectivity index (χ1) is 12.5. The molecule has 0 aromatic carbocycles. The lowest BCUT2D eigenvalue weighted by Crippen LogP contribution is -2.38. The Morgan fingerprint density at radius 1 is 0.615 bits per heavy atom. The molecule has 0 spiro atoms. The average molecular weight is 356 g/mol. The summed E-state index contributed by atoms with van der Waals surface area (Å²) in [4.78, 5) is 45.3. The number of cyclic esters (lactones) is 4. The summed E-state index contributed by atoms with van der Waals surface area (Å²) in [5, 5.41) is 0. The van der Waals surface area contributed by atoms with E-state index in [1.165, 1.54) is 0 Å². The van der Waals surface area contributed by atoms with Crippen LogP contribution in [0.3, 0.4) is 0 Å². The van der Waals surface area contributed by atoms with Gasteiger partial charge in [-0.2, -0.15) is 0 Å². The molecule has 6 aliphatic carbocycles. The van der Waals surface area contributed by atoms with Gasteiger partial charge in [0.1, 0.15) is 0 Å². The molecule has 2 saturated carbocycles. The van der Waals surface area contributed by atoms with E-state index in [1.807, 2.05) is 0 Å². The SMILES string of the molecule is O=C1OC(=O)C2=C1C1CCC2CC1.O=C1OC(=O)C2C3C=CC(CC3)C12. The second kappa shape index (κ2) is 5.63. The van der Waals surface area contributed by atoms with Crippen LogP contribution in [0.1, 0.15) is 38.5 Å². The highest BCUT2D eigenvalue weighted by atomic mass is 16.6. The quantitative estimate of drug-likeness (QED) is 0.375. The molecular weight excluding hydrogens is 336 g/mol. The summed E-state index contributed by atoms with van der Waals surface area (Å²) in [6, 6.07) is 0. The molecule has 8 aliphatic rings. The third-order valence-electron chi connectivity index (χ3n) is 6.95. The fourth-order valence-electron chi connectivity index (χ4n) is 5.73. The van der Waals surface area contributed by atoms with Crippen molar-refractivity contribution in [3.8, 4) is 0 Å². The van der Waals surface area contributed by atoms with Crippen LogP contribution in [0.15, 0.2) is 23.3 Å². The summed E-state index contributed by atoms with van der Waals surface area (Å²) in [5.41, 5.74) is 1.43. The zero-order chi connectivity index (χ0) is 18.0. The van der Waals surface area contributed by atoms with Crippen molar-refractivity contribution in [2.75, 3.05) is 0 Å². The monoisotopic (exact) mass is 356 g/mol. The lowest BCUT2D eigenvalue weighted by atomic mass is 9.63. The Bertz CT molecular complexity index is 720. The Morgan fingerprint density at radius 2 is 1.04 bits per heavy atom. The maximum atomic E-state index is 11.3. The van der Waals surface area contributed by atoms with Crippen molar-refractivity contribution >= 4 is 23.9 Å². The van der Waals surface area contributed by atoms with Crippen LogP contribution >= 0.6 is 0 Å². The first-order valence-electron chi connectivity index (χ1n) is 9.49. The molecule has 6 heteroatoms. The van der Waals surface area contributed by atoms with E-state index in [0.717, 1.165) is 38.5 Å². The molecule has 0 N–H and O–H groups in total. The molecule has 0 radical (unpaired) electrons. The zero-order valence-electron chi connectivity index (χ0n) is 14.3. The van der Waals surface area contributed by atoms with Gasteiger partial charge in [0.05, 0.1) is 23.0 Å². The lowest BCUT2D eigenvalue weighted by molar-refractivity contribution is -0.154. The molecule has 0 amide bonds. The predicted octanol–water partition coefficient (Wildman–Crippen LogP) is 2.08. The second-order valence-corrected chi connectivity index (χ2v) is 8.13. The van der Waals surface area contributed by atoms with Crippen LogP contribution in [0.25, 0.3) is 0 Å². The highest BCUT2D eigenvalue weighted by Gasteiger charge is 2.54. The summed E-state index contributed by atoms with van der Waals surface area (Å²) in [5.74, 6) is -0.486. The predicted molar refractivity (Wildman–Crippen MR) is 87.0 cm³/mol. The van der Waals surface area contributed by atoms with Crippen molar-refractivity contribution in [2.24, 2.45) is 35.5 Å². The molecule has 0 aromatic rings. The number of rotatable bonds is 0. The highest BCUT2D eigenvalue weighted by molar-refractivity contribution is 6.13. The van der Waals surface area contributed by atoms with E-state index in [9.17, 15) is 19.2 Å². The second-order valence-electron chi connectivity index (χ2n) is 8.13. The number of fused-ring (bicyclic) bond motifs is 3. The molecular formula is C20H20O6. The Hall–Kier alpha value is -2.24. The first-order valence-corrected chi connectivity index (χ1v) is 9.49. The Morgan fingerprint density at radius 3 is 1.42 bits per heavy atom. The van der Waals surface area contributed by atoms with Gasteiger partial charge < -0.3 is 9.47 Å². The van der Waals surface area contributed by atoms with E-state index >= 15 is 0 Å². The third-order valence-corrected chi connectivity index (χ3v) is 6.95. The summed E-state index contributed by atoms with van der Waals surface area (Å²) in [7, 11) is 0. The van der Waals surface area contributed by atoms with Gasteiger partial charge in [0.25, 0.3) is 0 Å². The molecule has 6 nitrogen and oxygen atoms in total. The van der Waals surface area contributed by atoms with Gasteiger partial charge in [-0.1, -0.05) is 12.2 Å². The van der Waals surface area contributed by atoms with Crippen molar-refractivity contribution in [3.63, 3.8) is 0 Å². The summed E-state index contributed by atoms with van der Waals surface area (Å²) in [6.45, 7) is 0. The van der Waals surface area contributed by atoms with Gasteiger partial charge in [0, 0.05) is 0 Å². The molecule has 3 fully saturated rings. The van der Waals surface area contributed by atoms with Crippen molar-refractivity contribution < 1.29 is 28.7 Å². The van der Waals surface area contributed by atoms with Gasteiger partial charge >= 0.3 is 23.9 Å². The number of carbonyl (C=O) groups excluding carboxylic acids is 4. The third kappa shape index (κ3) is 2.17. The van der Waals surface area contributed by atoms with E-state index in [2.05, 4.69) is 21.6 Å². The van der Waals surface area contributed by atoms with E-state index in [0.29, 0.717) is 23.0 Å². The van der Waals surface area contributed by atoms with Crippen LogP contribution < -0.4 is 0 Å². The minimum atomic E-state index is -0.366. The smallest absolute Gasteiger partial charge is 0.342 e. The van der Waals surface area contributed by atoms with Crippen LogP contribution in [0.2, 0.25) is 0 Å². The van der Waals surface area contributed by atoms with Gasteiger partial charge in [-0.3, -0.25) is 9.59 Å². The van der Waals surface area contributed by atoms with Crippen LogP contribution in [0.4, 0.5) is 0 Å². The summed E-state index contributed by atoms with van der Waals surface area (Å²) >= 11 is 0. The Kier molecular flexibility index (Phi) is 3.46. The van der Waals surface area contributed by atoms with Crippen molar-refractivity contribution in [1.82, 2.24) is 0 Å². The fourth-order valence-corrected chi connectivity index (χ4v) is 5.73. The molecule has 4 bridgehead atoms. The molecule has 8 rings (SSSR count). The molecule has 4 atom stereocenters.